The molecule has 0 aromatic heterocycles. The molecule has 2 aliphatic rings. The molecule has 0 aromatic rings. The summed E-state index contributed by atoms with van der Waals surface area (Å²) < 4.78 is 17.1. The minimum Gasteiger partial charge on any atom is -0.379 e. The van der Waals surface area contributed by atoms with E-state index in [0.29, 0.717) is 12.2 Å². The van der Waals surface area contributed by atoms with E-state index >= 15 is 0 Å². The highest BCUT2D eigenvalue weighted by molar-refractivity contribution is 4.79. The van der Waals surface area contributed by atoms with Crippen molar-refractivity contribution in [2.45, 2.75) is 63.9 Å². The van der Waals surface area contributed by atoms with Gasteiger partial charge in [0.1, 0.15) is 0 Å². The first-order chi connectivity index (χ1) is 8.53. The second kappa shape index (κ2) is 6.33. The maximum Gasteiger partial charge on any atom is 0.0831 e. The van der Waals surface area contributed by atoms with Crippen LogP contribution in [0.25, 0.3) is 0 Å². The predicted molar refractivity (Wildman–Crippen MR) is 70.8 cm³/mol. The zero-order valence-corrected chi connectivity index (χ0v) is 11.9. The molecule has 0 spiro atoms. The zero-order chi connectivity index (χ0) is 13.0. The molecule has 2 rings (SSSR count). The lowest BCUT2D eigenvalue weighted by molar-refractivity contribution is -0.0427. The monoisotopic (exact) mass is 257 g/mol. The van der Waals surface area contributed by atoms with Gasteiger partial charge in [0.15, 0.2) is 0 Å². The average Bonchev–Trinajstić information content (AvgIpc) is 2.94. The van der Waals surface area contributed by atoms with Gasteiger partial charge in [-0.15, -0.1) is 0 Å². The van der Waals surface area contributed by atoms with E-state index in [-0.39, 0.29) is 11.6 Å². The van der Waals surface area contributed by atoms with Gasteiger partial charge in [-0.05, 0) is 40.0 Å². The first kappa shape index (κ1) is 14.3. The van der Waals surface area contributed by atoms with Gasteiger partial charge >= 0.3 is 0 Å². The van der Waals surface area contributed by atoms with Crippen LogP contribution >= 0.6 is 0 Å². The topological polar surface area (TPSA) is 39.7 Å². The molecule has 106 valence electrons. The lowest BCUT2D eigenvalue weighted by Gasteiger charge is -2.23. The SMILES string of the molecule is CC(C)(C)NCC1CCC(COC2CCOC2)O1. The predicted octanol–water partition coefficient (Wildman–Crippen LogP) is 1.73. The number of hydrogen-bond acceptors (Lipinski definition) is 4. The molecule has 0 aliphatic carbocycles. The van der Waals surface area contributed by atoms with Gasteiger partial charge in [-0.1, -0.05) is 0 Å². The molecule has 2 saturated heterocycles. The molecule has 0 saturated carbocycles. The Morgan fingerprint density at radius 2 is 1.94 bits per heavy atom. The average molecular weight is 257 g/mol. The maximum absolute atomic E-state index is 5.99. The molecule has 2 aliphatic heterocycles. The molecule has 18 heavy (non-hydrogen) atoms. The van der Waals surface area contributed by atoms with Crippen LogP contribution < -0.4 is 5.32 Å². The van der Waals surface area contributed by atoms with Crippen LogP contribution in [0.1, 0.15) is 40.0 Å². The summed E-state index contributed by atoms with van der Waals surface area (Å²) in [5.41, 5.74) is 0.166. The van der Waals surface area contributed by atoms with Crippen LogP contribution in [-0.2, 0) is 14.2 Å². The summed E-state index contributed by atoms with van der Waals surface area (Å²) >= 11 is 0. The quantitative estimate of drug-likeness (QED) is 0.814. The lowest BCUT2D eigenvalue weighted by atomic mass is 10.1. The van der Waals surface area contributed by atoms with E-state index in [1.165, 1.54) is 0 Å². The van der Waals surface area contributed by atoms with E-state index in [1.807, 2.05) is 0 Å². The van der Waals surface area contributed by atoms with Crippen LogP contribution in [0.5, 0.6) is 0 Å². The van der Waals surface area contributed by atoms with E-state index < -0.39 is 0 Å². The molecular weight excluding hydrogens is 230 g/mol. The van der Waals surface area contributed by atoms with Gasteiger partial charge in [-0.3, -0.25) is 0 Å². The van der Waals surface area contributed by atoms with Gasteiger partial charge in [-0.25, -0.2) is 0 Å². The third kappa shape index (κ3) is 4.84. The van der Waals surface area contributed by atoms with Crippen LogP contribution in [0.15, 0.2) is 0 Å². The summed E-state index contributed by atoms with van der Waals surface area (Å²) in [4.78, 5) is 0. The zero-order valence-electron chi connectivity index (χ0n) is 11.9. The molecule has 2 heterocycles. The number of rotatable bonds is 5. The molecular formula is C14H27NO3. The van der Waals surface area contributed by atoms with Crippen LogP contribution in [-0.4, -0.2) is 50.2 Å². The van der Waals surface area contributed by atoms with E-state index in [0.717, 1.165) is 45.6 Å². The number of hydrogen-bond donors (Lipinski definition) is 1. The summed E-state index contributed by atoms with van der Waals surface area (Å²) in [5.74, 6) is 0. The summed E-state index contributed by atoms with van der Waals surface area (Å²) in [6, 6.07) is 0. The molecule has 4 nitrogen and oxygen atoms in total. The Morgan fingerprint density at radius 3 is 2.61 bits per heavy atom. The fraction of sp³-hybridized carbons (Fsp3) is 1.00. The van der Waals surface area contributed by atoms with E-state index in [1.54, 1.807) is 0 Å². The molecule has 0 aromatic carbocycles. The van der Waals surface area contributed by atoms with E-state index in [4.69, 9.17) is 14.2 Å². The van der Waals surface area contributed by atoms with Crippen molar-refractivity contribution in [1.29, 1.82) is 0 Å². The Balaban J connectivity index is 1.59. The highest BCUT2D eigenvalue weighted by Crippen LogP contribution is 2.21. The third-order valence-corrected chi connectivity index (χ3v) is 3.46. The van der Waals surface area contributed by atoms with Crippen molar-refractivity contribution >= 4 is 0 Å². The van der Waals surface area contributed by atoms with Crippen molar-refractivity contribution in [2.24, 2.45) is 0 Å². The van der Waals surface area contributed by atoms with Crippen LogP contribution in [0, 0.1) is 0 Å². The molecule has 3 unspecified atom stereocenters. The smallest absolute Gasteiger partial charge is 0.0831 e. The Labute approximate surface area is 110 Å². The van der Waals surface area contributed by atoms with Crippen LogP contribution in [0.2, 0.25) is 0 Å². The molecule has 4 heteroatoms. The van der Waals surface area contributed by atoms with Crippen molar-refractivity contribution in [3.8, 4) is 0 Å². The van der Waals surface area contributed by atoms with Gasteiger partial charge in [-0.2, -0.15) is 0 Å². The van der Waals surface area contributed by atoms with Crippen molar-refractivity contribution in [2.75, 3.05) is 26.4 Å². The van der Waals surface area contributed by atoms with Gasteiger partial charge in [0, 0.05) is 18.7 Å². The molecule has 0 bridgehead atoms. The summed E-state index contributed by atoms with van der Waals surface area (Å²) in [7, 11) is 0. The summed E-state index contributed by atoms with van der Waals surface area (Å²) in [6.07, 6.45) is 4.19. The van der Waals surface area contributed by atoms with Gasteiger partial charge in [0.2, 0.25) is 0 Å². The minimum atomic E-state index is 0.166. The van der Waals surface area contributed by atoms with Crippen molar-refractivity contribution in [3.63, 3.8) is 0 Å². The molecule has 0 amide bonds. The second-order valence-corrected chi connectivity index (χ2v) is 6.41. The Kier molecular flexibility index (Phi) is 5.01. The summed E-state index contributed by atoms with van der Waals surface area (Å²) in [5, 5.41) is 3.50. The largest absolute Gasteiger partial charge is 0.379 e. The van der Waals surface area contributed by atoms with Gasteiger partial charge in [0.05, 0.1) is 31.5 Å². The molecule has 3 atom stereocenters. The first-order valence-corrected chi connectivity index (χ1v) is 7.13. The van der Waals surface area contributed by atoms with Crippen molar-refractivity contribution in [1.82, 2.24) is 5.32 Å². The minimum absolute atomic E-state index is 0.166. The number of nitrogens with one attached hydrogen (secondary N) is 1. The lowest BCUT2D eigenvalue weighted by Crippen LogP contribution is -2.41. The van der Waals surface area contributed by atoms with Gasteiger partial charge < -0.3 is 19.5 Å². The van der Waals surface area contributed by atoms with Crippen molar-refractivity contribution in [3.05, 3.63) is 0 Å². The third-order valence-electron chi connectivity index (χ3n) is 3.46. The molecule has 1 N–H and O–H groups in total. The Morgan fingerprint density at radius 1 is 1.17 bits per heavy atom. The molecule has 2 fully saturated rings. The molecule has 0 radical (unpaired) electrons. The van der Waals surface area contributed by atoms with Crippen LogP contribution in [0.3, 0.4) is 0 Å². The van der Waals surface area contributed by atoms with E-state index in [9.17, 15) is 0 Å². The second-order valence-electron chi connectivity index (χ2n) is 6.41. The first-order valence-electron chi connectivity index (χ1n) is 7.13. The maximum atomic E-state index is 5.99. The number of ether oxygens (including phenoxy) is 3. The highest BCUT2D eigenvalue weighted by Gasteiger charge is 2.27. The Hall–Kier alpha value is -0.160. The fourth-order valence-electron chi connectivity index (χ4n) is 2.36. The van der Waals surface area contributed by atoms with Crippen molar-refractivity contribution < 1.29 is 14.2 Å². The fourth-order valence-corrected chi connectivity index (χ4v) is 2.36. The standard InChI is InChI=1S/C14H27NO3/c1-14(2,3)15-8-11-4-5-13(18-11)10-17-12-6-7-16-9-12/h11-13,15H,4-10H2,1-3H3. The Bertz CT molecular complexity index is 246. The van der Waals surface area contributed by atoms with Gasteiger partial charge in [0.25, 0.3) is 0 Å². The van der Waals surface area contributed by atoms with Crippen LogP contribution in [0.4, 0.5) is 0 Å². The van der Waals surface area contributed by atoms with E-state index in [2.05, 4.69) is 26.1 Å². The summed E-state index contributed by atoms with van der Waals surface area (Å²) in [6.45, 7) is 9.80. The highest BCUT2D eigenvalue weighted by atomic mass is 16.6. The normalized spacial score (nSPS) is 33.2.